The highest BCUT2D eigenvalue weighted by Gasteiger charge is 2.56. The zero-order valence-electron chi connectivity index (χ0n) is 11.3. The molecule has 2 heterocycles. The average Bonchev–Trinajstić information content (AvgIpc) is 2.43. The van der Waals surface area contributed by atoms with Crippen molar-refractivity contribution < 1.29 is 19.4 Å². The number of aliphatic hydroxyl groups is 1. The summed E-state index contributed by atoms with van der Waals surface area (Å²) in [5.41, 5.74) is -2.15. The second-order valence-corrected chi connectivity index (χ2v) is 5.50. The SMILES string of the molecule is CC1(C)OC(=O)N(CCN2CCOCC2)C1(C)O. The number of carbonyl (C=O) groups is 1. The highest BCUT2D eigenvalue weighted by molar-refractivity contribution is 5.72. The first-order chi connectivity index (χ1) is 8.34. The lowest BCUT2D eigenvalue weighted by Crippen LogP contribution is -2.55. The monoisotopic (exact) mass is 258 g/mol. The quantitative estimate of drug-likeness (QED) is 0.786. The largest absolute Gasteiger partial charge is 0.438 e. The zero-order valence-corrected chi connectivity index (χ0v) is 11.3. The number of hydrogen-bond donors (Lipinski definition) is 1. The zero-order chi connectivity index (χ0) is 13.4. The van der Waals surface area contributed by atoms with Crippen molar-refractivity contribution in [3.8, 4) is 0 Å². The van der Waals surface area contributed by atoms with E-state index in [2.05, 4.69) is 4.90 Å². The fourth-order valence-electron chi connectivity index (χ4n) is 2.25. The normalized spacial score (nSPS) is 32.7. The van der Waals surface area contributed by atoms with Crippen LogP contribution in [0.5, 0.6) is 0 Å². The van der Waals surface area contributed by atoms with Crippen molar-refractivity contribution in [3.05, 3.63) is 0 Å². The van der Waals surface area contributed by atoms with Crippen LogP contribution in [0, 0.1) is 0 Å². The van der Waals surface area contributed by atoms with E-state index < -0.39 is 17.4 Å². The molecule has 2 fully saturated rings. The van der Waals surface area contributed by atoms with Gasteiger partial charge < -0.3 is 14.6 Å². The molecular weight excluding hydrogens is 236 g/mol. The van der Waals surface area contributed by atoms with E-state index in [1.54, 1.807) is 20.8 Å². The van der Waals surface area contributed by atoms with Gasteiger partial charge in [-0.15, -0.1) is 0 Å². The Hall–Kier alpha value is -0.850. The van der Waals surface area contributed by atoms with Crippen LogP contribution < -0.4 is 0 Å². The number of amides is 1. The van der Waals surface area contributed by atoms with Gasteiger partial charge in [-0.1, -0.05) is 0 Å². The Kier molecular flexibility index (Phi) is 3.53. The maximum Gasteiger partial charge on any atom is 0.412 e. The Balaban J connectivity index is 1.94. The lowest BCUT2D eigenvalue weighted by atomic mass is 9.96. The molecule has 0 bridgehead atoms. The Morgan fingerprint density at radius 3 is 2.33 bits per heavy atom. The first-order valence-corrected chi connectivity index (χ1v) is 6.38. The minimum absolute atomic E-state index is 0.446. The molecule has 2 rings (SSSR count). The number of nitrogens with zero attached hydrogens (tertiary/aromatic N) is 2. The molecule has 1 unspecified atom stereocenters. The van der Waals surface area contributed by atoms with Gasteiger partial charge in [-0.25, -0.2) is 4.79 Å². The second kappa shape index (κ2) is 4.68. The number of carbonyl (C=O) groups excluding carboxylic acids is 1. The molecule has 1 amide bonds. The minimum Gasteiger partial charge on any atom is -0.438 e. The maximum absolute atomic E-state index is 11.8. The molecule has 2 saturated heterocycles. The van der Waals surface area contributed by atoms with E-state index in [0.29, 0.717) is 6.54 Å². The second-order valence-electron chi connectivity index (χ2n) is 5.50. The molecule has 2 aliphatic heterocycles. The molecule has 0 aromatic rings. The molecule has 2 aliphatic rings. The molecule has 104 valence electrons. The summed E-state index contributed by atoms with van der Waals surface area (Å²) in [6.45, 7) is 9.46. The van der Waals surface area contributed by atoms with Crippen molar-refractivity contribution in [1.29, 1.82) is 0 Å². The predicted molar refractivity (Wildman–Crippen MR) is 65.1 cm³/mol. The van der Waals surface area contributed by atoms with Crippen molar-refractivity contribution in [2.75, 3.05) is 39.4 Å². The third kappa shape index (κ3) is 2.32. The number of cyclic esters (lactones) is 1. The van der Waals surface area contributed by atoms with Gasteiger partial charge in [0.1, 0.15) is 0 Å². The van der Waals surface area contributed by atoms with Gasteiger partial charge >= 0.3 is 6.09 Å². The molecule has 18 heavy (non-hydrogen) atoms. The summed E-state index contributed by atoms with van der Waals surface area (Å²) in [7, 11) is 0. The summed E-state index contributed by atoms with van der Waals surface area (Å²) in [6, 6.07) is 0. The average molecular weight is 258 g/mol. The number of morpholine rings is 1. The Morgan fingerprint density at radius 1 is 1.22 bits per heavy atom. The summed E-state index contributed by atoms with van der Waals surface area (Å²) in [5, 5.41) is 10.4. The van der Waals surface area contributed by atoms with Gasteiger partial charge in [0.25, 0.3) is 0 Å². The Morgan fingerprint density at radius 2 is 1.83 bits per heavy atom. The van der Waals surface area contributed by atoms with Gasteiger partial charge in [-0.2, -0.15) is 0 Å². The summed E-state index contributed by atoms with van der Waals surface area (Å²) >= 11 is 0. The van der Waals surface area contributed by atoms with Gasteiger partial charge in [0, 0.05) is 26.2 Å². The van der Waals surface area contributed by atoms with Gasteiger partial charge in [0.2, 0.25) is 0 Å². The van der Waals surface area contributed by atoms with E-state index in [-0.39, 0.29) is 0 Å². The molecule has 0 aromatic carbocycles. The summed E-state index contributed by atoms with van der Waals surface area (Å²) in [6.07, 6.45) is -0.446. The minimum atomic E-state index is -1.27. The van der Waals surface area contributed by atoms with Crippen molar-refractivity contribution in [2.24, 2.45) is 0 Å². The Labute approximate surface area is 107 Å². The van der Waals surface area contributed by atoms with Crippen LogP contribution >= 0.6 is 0 Å². The molecule has 0 aromatic heterocycles. The highest BCUT2D eigenvalue weighted by Crippen LogP contribution is 2.36. The molecule has 0 saturated carbocycles. The molecule has 6 heteroatoms. The first kappa shape index (κ1) is 13.6. The lowest BCUT2D eigenvalue weighted by molar-refractivity contribution is -0.128. The van der Waals surface area contributed by atoms with E-state index in [4.69, 9.17) is 9.47 Å². The van der Waals surface area contributed by atoms with Crippen LogP contribution in [0.25, 0.3) is 0 Å². The smallest absolute Gasteiger partial charge is 0.412 e. The van der Waals surface area contributed by atoms with Gasteiger partial charge in [-0.05, 0) is 20.8 Å². The highest BCUT2D eigenvalue weighted by atomic mass is 16.6. The third-order valence-electron chi connectivity index (χ3n) is 3.97. The van der Waals surface area contributed by atoms with Crippen LogP contribution in [-0.4, -0.2) is 71.7 Å². The van der Waals surface area contributed by atoms with Crippen molar-refractivity contribution in [2.45, 2.75) is 32.1 Å². The van der Waals surface area contributed by atoms with E-state index in [1.807, 2.05) is 0 Å². The molecule has 1 N–H and O–H groups in total. The lowest BCUT2D eigenvalue weighted by Gasteiger charge is -2.36. The summed E-state index contributed by atoms with van der Waals surface area (Å²) in [4.78, 5) is 15.4. The van der Waals surface area contributed by atoms with Crippen molar-refractivity contribution >= 4 is 6.09 Å². The number of hydrogen-bond acceptors (Lipinski definition) is 5. The first-order valence-electron chi connectivity index (χ1n) is 6.38. The van der Waals surface area contributed by atoms with E-state index in [1.165, 1.54) is 4.90 Å². The maximum atomic E-state index is 11.8. The topological polar surface area (TPSA) is 62.2 Å². The fraction of sp³-hybridized carbons (Fsp3) is 0.917. The number of rotatable bonds is 3. The van der Waals surface area contributed by atoms with Crippen LogP contribution in [0.2, 0.25) is 0 Å². The van der Waals surface area contributed by atoms with Crippen LogP contribution in [0.15, 0.2) is 0 Å². The summed E-state index contributed by atoms with van der Waals surface area (Å²) < 4.78 is 10.5. The summed E-state index contributed by atoms with van der Waals surface area (Å²) in [5.74, 6) is 0. The van der Waals surface area contributed by atoms with Crippen LogP contribution in [-0.2, 0) is 9.47 Å². The van der Waals surface area contributed by atoms with Crippen LogP contribution in [0.3, 0.4) is 0 Å². The van der Waals surface area contributed by atoms with Crippen LogP contribution in [0.4, 0.5) is 4.79 Å². The molecular formula is C12H22N2O4. The van der Waals surface area contributed by atoms with E-state index in [0.717, 1.165) is 32.8 Å². The molecule has 0 radical (unpaired) electrons. The molecule has 1 atom stereocenters. The van der Waals surface area contributed by atoms with Gasteiger partial charge in [0.05, 0.1) is 13.2 Å². The standard InChI is InChI=1S/C12H22N2O4/c1-11(2)12(3,16)14(10(15)18-11)5-4-13-6-8-17-9-7-13/h16H,4-9H2,1-3H3. The molecule has 0 spiro atoms. The van der Waals surface area contributed by atoms with Crippen molar-refractivity contribution in [1.82, 2.24) is 9.80 Å². The molecule has 0 aliphatic carbocycles. The van der Waals surface area contributed by atoms with Gasteiger partial charge in [-0.3, -0.25) is 9.80 Å². The van der Waals surface area contributed by atoms with Crippen LogP contribution in [0.1, 0.15) is 20.8 Å². The fourth-order valence-corrected chi connectivity index (χ4v) is 2.25. The van der Waals surface area contributed by atoms with Crippen molar-refractivity contribution in [3.63, 3.8) is 0 Å². The van der Waals surface area contributed by atoms with Gasteiger partial charge in [0.15, 0.2) is 11.3 Å². The predicted octanol–water partition coefficient (Wildman–Crippen LogP) is 0.258. The van der Waals surface area contributed by atoms with E-state index >= 15 is 0 Å². The third-order valence-corrected chi connectivity index (χ3v) is 3.97. The van der Waals surface area contributed by atoms with E-state index in [9.17, 15) is 9.90 Å². The Bertz CT molecular complexity index is 324. The molecule has 6 nitrogen and oxygen atoms in total. The number of ether oxygens (including phenoxy) is 2.